The number of rotatable bonds is 4. The van der Waals surface area contributed by atoms with Gasteiger partial charge in [-0.25, -0.2) is 0 Å². The van der Waals surface area contributed by atoms with E-state index in [9.17, 15) is 4.79 Å². The van der Waals surface area contributed by atoms with Crippen LogP contribution in [0.3, 0.4) is 0 Å². The molecule has 0 saturated carbocycles. The monoisotopic (exact) mass is 226 g/mol. The average Bonchev–Trinajstić information content (AvgIpc) is 2.35. The first-order chi connectivity index (χ1) is 7.29. The van der Waals surface area contributed by atoms with Gasteiger partial charge in [0, 0.05) is 0 Å². The molecule has 16 heavy (non-hydrogen) atoms. The predicted molar refractivity (Wildman–Crippen MR) is 63.2 cm³/mol. The molecule has 0 aromatic carbocycles. The van der Waals surface area contributed by atoms with Gasteiger partial charge in [0.15, 0.2) is 12.1 Å². The standard InChI is InChI=1S/C13H22O3/c1-10(2)7-6-8-13(5)11(9-14)15-12(3,4)16-13/h7,9,11H,6,8H2,1-5H3/t11-,13+/m0/s1. The first kappa shape index (κ1) is 13.4. The molecular weight excluding hydrogens is 204 g/mol. The van der Waals surface area contributed by atoms with E-state index in [4.69, 9.17) is 9.47 Å². The van der Waals surface area contributed by atoms with Gasteiger partial charge in [0.2, 0.25) is 0 Å². The molecule has 0 amide bonds. The summed E-state index contributed by atoms with van der Waals surface area (Å²) in [7, 11) is 0. The Morgan fingerprint density at radius 2 is 1.94 bits per heavy atom. The van der Waals surface area contributed by atoms with E-state index >= 15 is 0 Å². The summed E-state index contributed by atoms with van der Waals surface area (Å²) in [4.78, 5) is 11.0. The number of allylic oxidation sites excluding steroid dienone is 2. The molecule has 0 N–H and O–H groups in total. The Labute approximate surface area is 97.8 Å². The lowest BCUT2D eigenvalue weighted by atomic mass is 9.94. The Hall–Kier alpha value is -0.670. The zero-order chi connectivity index (χ0) is 12.4. The third kappa shape index (κ3) is 3.16. The van der Waals surface area contributed by atoms with Gasteiger partial charge in [0.1, 0.15) is 11.7 Å². The van der Waals surface area contributed by atoms with Crippen LogP contribution in [-0.4, -0.2) is 23.8 Å². The Morgan fingerprint density at radius 3 is 2.44 bits per heavy atom. The number of aldehydes is 1. The van der Waals surface area contributed by atoms with Crippen LogP contribution < -0.4 is 0 Å². The van der Waals surface area contributed by atoms with Crippen LogP contribution in [0.25, 0.3) is 0 Å². The Balaban J connectivity index is 2.67. The van der Waals surface area contributed by atoms with E-state index in [2.05, 4.69) is 19.9 Å². The summed E-state index contributed by atoms with van der Waals surface area (Å²) in [5, 5.41) is 0. The molecule has 1 aliphatic rings. The molecule has 3 nitrogen and oxygen atoms in total. The second kappa shape index (κ2) is 4.68. The molecule has 1 saturated heterocycles. The van der Waals surface area contributed by atoms with Crippen LogP contribution in [-0.2, 0) is 14.3 Å². The van der Waals surface area contributed by atoms with Crippen LogP contribution in [0.4, 0.5) is 0 Å². The summed E-state index contributed by atoms with van der Waals surface area (Å²) in [6.07, 6.45) is 4.24. The topological polar surface area (TPSA) is 35.5 Å². The fraction of sp³-hybridized carbons (Fsp3) is 0.769. The van der Waals surface area contributed by atoms with Crippen molar-refractivity contribution in [3.63, 3.8) is 0 Å². The highest BCUT2D eigenvalue weighted by molar-refractivity contribution is 5.59. The SMILES string of the molecule is CC(C)=CCC[C@@]1(C)OC(C)(C)O[C@H]1C=O. The van der Waals surface area contributed by atoms with E-state index in [0.29, 0.717) is 0 Å². The van der Waals surface area contributed by atoms with Crippen molar-refractivity contribution in [1.29, 1.82) is 0 Å². The maximum absolute atomic E-state index is 11.0. The summed E-state index contributed by atoms with van der Waals surface area (Å²) in [6, 6.07) is 0. The van der Waals surface area contributed by atoms with Crippen molar-refractivity contribution in [2.24, 2.45) is 0 Å². The van der Waals surface area contributed by atoms with Gasteiger partial charge >= 0.3 is 0 Å². The zero-order valence-electron chi connectivity index (χ0n) is 10.9. The molecule has 0 spiro atoms. The number of carbonyl (C=O) groups excluding carboxylic acids is 1. The summed E-state index contributed by atoms with van der Waals surface area (Å²) in [5.41, 5.74) is 0.779. The maximum Gasteiger partial charge on any atom is 0.164 e. The van der Waals surface area contributed by atoms with E-state index in [-0.39, 0.29) is 0 Å². The normalized spacial score (nSPS) is 32.4. The van der Waals surface area contributed by atoms with Crippen molar-refractivity contribution >= 4 is 6.29 Å². The summed E-state index contributed by atoms with van der Waals surface area (Å²) >= 11 is 0. The van der Waals surface area contributed by atoms with Crippen LogP contribution in [0.15, 0.2) is 11.6 Å². The third-order valence-electron chi connectivity index (χ3n) is 2.81. The van der Waals surface area contributed by atoms with Crippen LogP contribution >= 0.6 is 0 Å². The van der Waals surface area contributed by atoms with Crippen LogP contribution in [0.1, 0.15) is 47.5 Å². The lowest BCUT2D eigenvalue weighted by Gasteiger charge is -2.26. The van der Waals surface area contributed by atoms with Crippen LogP contribution in [0.5, 0.6) is 0 Å². The molecule has 3 heteroatoms. The van der Waals surface area contributed by atoms with Crippen molar-refractivity contribution in [1.82, 2.24) is 0 Å². The highest BCUT2D eigenvalue weighted by Gasteiger charge is 2.49. The lowest BCUT2D eigenvalue weighted by molar-refractivity contribution is -0.162. The van der Waals surface area contributed by atoms with E-state index in [1.165, 1.54) is 5.57 Å². The number of hydrogen-bond acceptors (Lipinski definition) is 3. The van der Waals surface area contributed by atoms with E-state index in [1.807, 2.05) is 20.8 Å². The van der Waals surface area contributed by atoms with Crippen molar-refractivity contribution in [2.75, 3.05) is 0 Å². The molecule has 92 valence electrons. The van der Waals surface area contributed by atoms with Crippen molar-refractivity contribution < 1.29 is 14.3 Å². The highest BCUT2D eigenvalue weighted by Crippen LogP contribution is 2.38. The molecule has 0 aromatic rings. The maximum atomic E-state index is 11.0. The first-order valence-electron chi connectivity index (χ1n) is 5.76. The molecular formula is C13H22O3. The molecule has 0 radical (unpaired) electrons. The van der Waals surface area contributed by atoms with E-state index in [0.717, 1.165) is 19.1 Å². The fourth-order valence-electron chi connectivity index (χ4n) is 2.09. The number of carbonyl (C=O) groups is 1. The molecule has 1 aliphatic heterocycles. The van der Waals surface area contributed by atoms with Crippen molar-refractivity contribution in [2.45, 2.75) is 65.0 Å². The van der Waals surface area contributed by atoms with E-state index < -0.39 is 17.5 Å². The van der Waals surface area contributed by atoms with Crippen molar-refractivity contribution in [3.05, 3.63) is 11.6 Å². The molecule has 2 atom stereocenters. The van der Waals surface area contributed by atoms with Gasteiger partial charge < -0.3 is 14.3 Å². The molecule has 1 heterocycles. The van der Waals surface area contributed by atoms with Gasteiger partial charge in [-0.15, -0.1) is 0 Å². The minimum Gasteiger partial charge on any atom is -0.341 e. The first-order valence-corrected chi connectivity index (χ1v) is 5.76. The Morgan fingerprint density at radius 1 is 1.31 bits per heavy atom. The van der Waals surface area contributed by atoms with Crippen molar-refractivity contribution in [3.8, 4) is 0 Å². The largest absolute Gasteiger partial charge is 0.341 e. The minimum atomic E-state index is -0.661. The molecule has 0 unspecified atom stereocenters. The average molecular weight is 226 g/mol. The minimum absolute atomic E-state index is 0.465. The molecule has 1 rings (SSSR count). The second-order valence-corrected chi connectivity index (χ2v) is 5.31. The second-order valence-electron chi connectivity index (χ2n) is 5.31. The van der Waals surface area contributed by atoms with Gasteiger partial charge in [0.05, 0.1) is 0 Å². The molecule has 0 aliphatic carbocycles. The Kier molecular flexibility index (Phi) is 3.92. The summed E-state index contributed by atoms with van der Waals surface area (Å²) < 4.78 is 11.4. The number of ether oxygens (including phenoxy) is 2. The van der Waals surface area contributed by atoms with Gasteiger partial charge in [-0.3, -0.25) is 0 Å². The third-order valence-corrected chi connectivity index (χ3v) is 2.81. The molecule has 1 fully saturated rings. The van der Waals surface area contributed by atoms with Gasteiger partial charge in [-0.05, 0) is 47.5 Å². The van der Waals surface area contributed by atoms with Gasteiger partial charge in [-0.1, -0.05) is 11.6 Å². The number of hydrogen-bond donors (Lipinski definition) is 0. The van der Waals surface area contributed by atoms with Gasteiger partial charge in [0.25, 0.3) is 0 Å². The smallest absolute Gasteiger partial charge is 0.164 e. The van der Waals surface area contributed by atoms with Crippen LogP contribution in [0, 0.1) is 0 Å². The lowest BCUT2D eigenvalue weighted by Crippen LogP contribution is -2.37. The van der Waals surface area contributed by atoms with E-state index in [1.54, 1.807) is 0 Å². The highest BCUT2D eigenvalue weighted by atomic mass is 16.8. The summed E-state index contributed by atoms with van der Waals surface area (Å²) in [5.74, 6) is -0.661. The summed E-state index contributed by atoms with van der Waals surface area (Å²) in [6.45, 7) is 9.76. The molecule has 0 aromatic heterocycles. The van der Waals surface area contributed by atoms with Gasteiger partial charge in [-0.2, -0.15) is 0 Å². The fourth-order valence-corrected chi connectivity index (χ4v) is 2.09. The molecule has 0 bridgehead atoms. The van der Waals surface area contributed by atoms with Crippen LogP contribution in [0.2, 0.25) is 0 Å². The predicted octanol–water partition coefficient (Wildman–Crippen LogP) is 2.84. The zero-order valence-corrected chi connectivity index (χ0v) is 10.9. The Bertz CT molecular complexity index is 290. The quantitative estimate of drug-likeness (QED) is 0.546.